The molecule has 1 aliphatic rings. The Bertz CT molecular complexity index is 961. The molecule has 0 radical (unpaired) electrons. The molecule has 7 nitrogen and oxygen atoms in total. The number of carboxylic acids is 1. The van der Waals surface area contributed by atoms with E-state index in [-0.39, 0.29) is 18.7 Å². The van der Waals surface area contributed by atoms with E-state index >= 15 is 0 Å². The number of hydrogen-bond acceptors (Lipinski definition) is 5. The van der Waals surface area contributed by atoms with Crippen LogP contribution in [0.2, 0.25) is 0 Å². The number of nitrogens with zero attached hydrogens (tertiary/aromatic N) is 5. The molecule has 1 aromatic carbocycles. The first-order chi connectivity index (χ1) is 12.0. The smallest absolute Gasteiger partial charge is 0.308 e. The molecule has 1 unspecified atom stereocenters. The van der Waals surface area contributed by atoms with Crippen molar-refractivity contribution in [2.45, 2.75) is 5.92 Å². The first-order valence-electron chi connectivity index (χ1n) is 7.62. The number of carboxylic acid groups (broad SMARTS) is 1. The Morgan fingerprint density at radius 1 is 1.20 bits per heavy atom. The predicted molar refractivity (Wildman–Crippen MR) is 83.2 cm³/mol. The molecule has 9 heteroatoms. The Morgan fingerprint density at radius 3 is 2.80 bits per heavy atom. The van der Waals surface area contributed by atoms with E-state index < -0.39 is 29.4 Å². The fourth-order valence-corrected chi connectivity index (χ4v) is 3.25. The molecule has 1 saturated heterocycles. The lowest BCUT2D eigenvalue weighted by Gasteiger charge is -2.17. The van der Waals surface area contributed by atoms with Gasteiger partial charge in [0.1, 0.15) is 23.8 Å². The van der Waals surface area contributed by atoms with E-state index in [2.05, 4.69) is 15.3 Å². The average molecular weight is 345 g/mol. The number of anilines is 1. The number of rotatable bonds is 3. The minimum atomic E-state index is -1.03. The van der Waals surface area contributed by atoms with Crippen molar-refractivity contribution in [2.75, 3.05) is 18.0 Å². The summed E-state index contributed by atoms with van der Waals surface area (Å²) in [4.78, 5) is 13.4. The van der Waals surface area contributed by atoms with Crippen molar-refractivity contribution in [1.29, 1.82) is 0 Å². The van der Waals surface area contributed by atoms with E-state index in [9.17, 15) is 18.7 Å². The highest BCUT2D eigenvalue weighted by Crippen LogP contribution is 2.36. The summed E-state index contributed by atoms with van der Waals surface area (Å²) in [7, 11) is 0. The van der Waals surface area contributed by atoms with Gasteiger partial charge >= 0.3 is 5.97 Å². The Kier molecular flexibility index (Phi) is 3.56. The number of fused-ring (bicyclic) bond motifs is 1. The maximum atomic E-state index is 14.1. The van der Waals surface area contributed by atoms with Gasteiger partial charge in [-0.3, -0.25) is 4.79 Å². The van der Waals surface area contributed by atoms with Crippen molar-refractivity contribution in [3.8, 4) is 0 Å². The molecular weight excluding hydrogens is 332 g/mol. The van der Waals surface area contributed by atoms with Crippen LogP contribution >= 0.6 is 0 Å². The van der Waals surface area contributed by atoms with Crippen molar-refractivity contribution in [3.05, 3.63) is 53.9 Å². The van der Waals surface area contributed by atoms with E-state index in [1.807, 2.05) is 0 Å². The third-order valence-corrected chi connectivity index (χ3v) is 4.47. The molecule has 4 rings (SSSR count). The molecule has 3 aromatic rings. The molecule has 2 aromatic heterocycles. The third-order valence-electron chi connectivity index (χ3n) is 4.47. The van der Waals surface area contributed by atoms with Crippen LogP contribution in [0.1, 0.15) is 11.5 Å². The lowest BCUT2D eigenvalue weighted by molar-refractivity contribution is -0.141. The Hall–Kier alpha value is -3.10. The van der Waals surface area contributed by atoms with E-state index in [0.717, 1.165) is 12.1 Å². The van der Waals surface area contributed by atoms with Crippen molar-refractivity contribution in [3.63, 3.8) is 0 Å². The number of aromatic nitrogens is 4. The van der Waals surface area contributed by atoms with E-state index in [1.54, 1.807) is 17.0 Å². The zero-order chi connectivity index (χ0) is 17.6. The SMILES string of the molecule is O=C(O)C1CN(c2ccc3nncn3n2)C[C@H]1c1ccc(F)cc1F. The second-order valence-corrected chi connectivity index (χ2v) is 5.95. The lowest BCUT2D eigenvalue weighted by atomic mass is 9.88. The van der Waals surface area contributed by atoms with Crippen LogP contribution in [-0.2, 0) is 4.79 Å². The van der Waals surface area contributed by atoms with E-state index in [1.165, 1.54) is 16.9 Å². The van der Waals surface area contributed by atoms with Crippen molar-refractivity contribution < 1.29 is 18.7 Å². The minimum absolute atomic E-state index is 0.178. The number of carbonyl (C=O) groups is 1. The molecule has 1 aliphatic heterocycles. The molecule has 2 atom stereocenters. The summed E-state index contributed by atoms with van der Waals surface area (Å²) >= 11 is 0. The van der Waals surface area contributed by atoms with Gasteiger partial charge in [-0.15, -0.1) is 15.3 Å². The third kappa shape index (κ3) is 2.67. The highest BCUT2D eigenvalue weighted by molar-refractivity contribution is 5.74. The molecule has 25 heavy (non-hydrogen) atoms. The van der Waals surface area contributed by atoms with Crippen LogP contribution in [0.3, 0.4) is 0 Å². The van der Waals surface area contributed by atoms with Gasteiger partial charge in [0.25, 0.3) is 0 Å². The molecule has 0 spiro atoms. The van der Waals surface area contributed by atoms with Crippen molar-refractivity contribution >= 4 is 17.4 Å². The molecule has 0 bridgehead atoms. The van der Waals surface area contributed by atoms with Gasteiger partial charge in [-0.05, 0) is 23.8 Å². The summed E-state index contributed by atoms with van der Waals surface area (Å²) in [6.45, 7) is 0.442. The van der Waals surface area contributed by atoms with Crippen molar-refractivity contribution in [2.24, 2.45) is 5.92 Å². The largest absolute Gasteiger partial charge is 0.481 e. The molecule has 1 fully saturated rings. The van der Waals surface area contributed by atoms with Gasteiger partial charge in [0.05, 0.1) is 5.92 Å². The van der Waals surface area contributed by atoms with Crippen LogP contribution in [0.25, 0.3) is 5.65 Å². The van der Waals surface area contributed by atoms with Gasteiger partial charge in [0, 0.05) is 25.1 Å². The highest BCUT2D eigenvalue weighted by atomic mass is 19.1. The van der Waals surface area contributed by atoms with Crippen LogP contribution in [0, 0.1) is 17.6 Å². The predicted octanol–water partition coefficient (Wildman–Crippen LogP) is 1.71. The second-order valence-electron chi connectivity index (χ2n) is 5.95. The normalized spacial score (nSPS) is 20.3. The average Bonchev–Trinajstić information content (AvgIpc) is 3.21. The van der Waals surface area contributed by atoms with Gasteiger partial charge < -0.3 is 10.0 Å². The standard InChI is InChI=1S/C16H13F2N5O2/c17-9-1-2-10(13(18)5-9)11-6-22(7-12(11)16(24)25)15-4-3-14-20-19-8-23(14)21-15/h1-5,8,11-12H,6-7H2,(H,24,25)/t11-,12?/m0/s1. The van der Waals surface area contributed by atoms with Gasteiger partial charge in [-0.25, -0.2) is 8.78 Å². The van der Waals surface area contributed by atoms with Crippen LogP contribution in [0.15, 0.2) is 36.7 Å². The summed E-state index contributed by atoms with van der Waals surface area (Å²) in [6, 6.07) is 6.66. The molecule has 0 amide bonds. The zero-order valence-corrected chi connectivity index (χ0v) is 12.9. The summed E-state index contributed by atoms with van der Waals surface area (Å²) in [5.41, 5.74) is 0.764. The summed E-state index contributed by atoms with van der Waals surface area (Å²) in [6.07, 6.45) is 1.45. The van der Waals surface area contributed by atoms with Crippen LogP contribution in [0.4, 0.5) is 14.6 Å². The summed E-state index contributed by atoms with van der Waals surface area (Å²) < 4.78 is 28.8. The number of benzene rings is 1. The maximum absolute atomic E-state index is 14.1. The highest BCUT2D eigenvalue weighted by Gasteiger charge is 2.40. The molecule has 128 valence electrons. The Morgan fingerprint density at radius 2 is 2.04 bits per heavy atom. The fraction of sp³-hybridized carbons (Fsp3) is 0.250. The monoisotopic (exact) mass is 345 g/mol. The van der Waals surface area contributed by atoms with Gasteiger partial charge in [0.2, 0.25) is 0 Å². The van der Waals surface area contributed by atoms with Gasteiger partial charge in [0.15, 0.2) is 5.65 Å². The zero-order valence-electron chi connectivity index (χ0n) is 12.9. The minimum Gasteiger partial charge on any atom is -0.481 e. The molecule has 3 heterocycles. The number of aliphatic carboxylic acids is 1. The van der Waals surface area contributed by atoms with E-state index in [0.29, 0.717) is 11.5 Å². The fourth-order valence-electron chi connectivity index (χ4n) is 3.25. The molecule has 0 saturated carbocycles. The van der Waals surface area contributed by atoms with Crippen LogP contribution < -0.4 is 4.90 Å². The summed E-state index contributed by atoms with van der Waals surface area (Å²) in [5, 5.41) is 21.5. The quantitative estimate of drug-likeness (QED) is 0.778. The topological polar surface area (TPSA) is 83.6 Å². The molecule has 1 N–H and O–H groups in total. The van der Waals surface area contributed by atoms with E-state index in [4.69, 9.17) is 0 Å². The van der Waals surface area contributed by atoms with Crippen LogP contribution in [0.5, 0.6) is 0 Å². The summed E-state index contributed by atoms with van der Waals surface area (Å²) in [5.74, 6) is -3.33. The lowest BCUT2D eigenvalue weighted by Crippen LogP contribution is -2.24. The Labute approximate surface area is 140 Å². The van der Waals surface area contributed by atoms with Gasteiger partial charge in [-0.2, -0.15) is 4.52 Å². The maximum Gasteiger partial charge on any atom is 0.308 e. The number of hydrogen-bond donors (Lipinski definition) is 1. The first kappa shape index (κ1) is 15.4. The molecule has 0 aliphatic carbocycles. The van der Waals surface area contributed by atoms with Crippen LogP contribution in [-0.4, -0.2) is 44.0 Å². The first-order valence-corrected chi connectivity index (χ1v) is 7.62. The Balaban J connectivity index is 1.69. The molecular formula is C16H13F2N5O2. The van der Waals surface area contributed by atoms with Gasteiger partial charge in [-0.1, -0.05) is 6.07 Å². The second kappa shape index (κ2) is 5.76. The number of halogens is 2. The van der Waals surface area contributed by atoms with Crippen molar-refractivity contribution in [1.82, 2.24) is 19.8 Å².